The highest BCUT2D eigenvalue weighted by Crippen LogP contribution is 2.06. The normalized spacial score (nSPS) is 10.2. The standard InChI is InChI=1S/C7H10NOSi2/c1-8(2)9-7-5-3-4-6-11(7)10/h3-6H,1-2H3. The molecule has 0 saturated heterocycles. The van der Waals surface area contributed by atoms with Crippen molar-refractivity contribution in [2.45, 2.75) is 0 Å². The molecule has 1 rings (SSSR count). The van der Waals surface area contributed by atoms with E-state index < -0.39 is 7.91 Å². The minimum absolute atomic E-state index is 0.736. The first-order valence-corrected chi connectivity index (χ1v) is 6.44. The van der Waals surface area contributed by atoms with Crippen LogP contribution < -0.4 is 4.84 Å². The molecule has 4 heteroatoms. The lowest BCUT2D eigenvalue weighted by Gasteiger charge is -2.13. The molecule has 57 valence electrons. The van der Waals surface area contributed by atoms with Crippen LogP contribution in [-0.4, -0.2) is 36.8 Å². The highest BCUT2D eigenvalue weighted by Gasteiger charge is 1.98. The zero-order chi connectivity index (χ0) is 8.27. The van der Waals surface area contributed by atoms with E-state index >= 15 is 0 Å². The molecule has 11 heavy (non-hydrogen) atoms. The summed E-state index contributed by atoms with van der Waals surface area (Å²) in [4.78, 5) is 5.41. The van der Waals surface area contributed by atoms with Crippen LogP contribution in [-0.2, 0) is 0 Å². The Morgan fingerprint density at radius 1 is 1.45 bits per heavy atom. The summed E-state index contributed by atoms with van der Waals surface area (Å²) >= 11 is 0. The highest BCUT2D eigenvalue weighted by atomic mass is 29.1. The lowest BCUT2D eigenvalue weighted by atomic mass is 10.6. The van der Waals surface area contributed by atoms with Gasteiger partial charge in [0.25, 0.3) is 0 Å². The number of rotatable bonds is 2. The maximum Gasteiger partial charge on any atom is 0.117 e. The Morgan fingerprint density at radius 2 is 2.18 bits per heavy atom. The monoisotopic (exact) mass is 180 g/mol. The SMILES string of the molecule is CN(C)Oc1cccc[si]1[Si]. The first kappa shape index (κ1) is 8.64. The van der Waals surface area contributed by atoms with Crippen molar-refractivity contribution in [1.82, 2.24) is 5.06 Å². The lowest BCUT2D eigenvalue weighted by molar-refractivity contribution is 0.000225. The van der Waals surface area contributed by atoms with E-state index in [1.807, 2.05) is 32.3 Å². The third-order valence-electron chi connectivity index (χ3n) is 1.17. The fourth-order valence-electron chi connectivity index (χ4n) is 0.743. The molecular formula is C7H10NOSi2. The van der Waals surface area contributed by atoms with Crippen LogP contribution in [0.4, 0.5) is 0 Å². The largest absolute Gasteiger partial charge is 0.413 e. The minimum Gasteiger partial charge on any atom is -0.413 e. The van der Waals surface area contributed by atoms with E-state index in [0.717, 1.165) is 5.36 Å². The second kappa shape index (κ2) is 3.80. The van der Waals surface area contributed by atoms with Gasteiger partial charge in [-0.3, -0.25) is 0 Å². The molecule has 0 aliphatic heterocycles. The van der Waals surface area contributed by atoms with Gasteiger partial charge in [0.1, 0.15) is 5.36 Å². The van der Waals surface area contributed by atoms with E-state index in [4.69, 9.17) is 4.84 Å². The van der Waals surface area contributed by atoms with Gasteiger partial charge in [0.05, 0.1) is 7.91 Å². The quantitative estimate of drug-likeness (QED) is 0.485. The van der Waals surface area contributed by atoms with Crippen molar-refractivity contribution >= 4 is 17.7 Å². The molecule has 0 saturated carbocycles. The predicted octanol–water partition coefficient (Wildman–Crippen LogP) is 0.499. The van der Waals surface area contributed by atoms with Crippen LogP contribution in [0.5, 0.6) is 5.36 Å². The van der Waals surface area contributed by atoms with Gasteiger partial charge in [-0.05, 0) is 6.07 Å². The molecule has 1 aromatic rings. The molecule has 0 atom stereocenters. The second-order valence-electron chi connectivity index (χ2n) is 2.40. The molecule has 3 radical (unpaired) electrons. The van der Waals surface area contributed by atoms with Crippen LogP contribution in [0.1, 0.15) is 0 Å². The lowest BCUT2D eigenvalue weighted by Crippen LogP contribution is -2.19. The van der Waals surface area contributed by atoms with Gasteiger partial charge in [-0.2, -0.15) is 5.06 Å². The summed E-state index contributed by atoms with van der Waals surface area (Å²) < 4.78 is 0. The fourth-order valence-corrected chi connectivity index (χ4v) is 2.44. The third-order valence-corrected chi connectivity index (χ3v) is 3.72. The molecular weight excluding hydrogens is 170 g/mol. The Kier molecular flexibility index (Phi) is 2.98. The van der Waals surface area contributed by atoms with Gasteiger partial charge < -0.3 is 4.84 Å². The molecule has 1 heterocycles. The van der Waals surface area contributed by atoms with Crippen molar-refractivity contribution in [1.29, 1.82) is 0 Å². The molecule has 2 nitrogen and oxygen atoms in total. The molecule has 0 spiro atoms. The third kappa shape index (κ3) is 2.57. The molecule has 0 aliphatic carbocycles. The zero-order valence-electron chi connectivity index (χ0n) is 6.66. The zero-order valence-corrected chi connectivity index (χ0v) is 8.66. The molecule has 1 aromatic heterocycles. The molecule has 0 fully saturated rings. The summed E-state index contributed by atoms with van der Waals surface area (Å²) in [6, 6.07) is 6.00. The van der Waals surface area contributed by atoms with Gasteiger partial charge in [0.2, 0.25) is 0 Å². The Bertz CT molecular complexity index is 240. The first-order valence-electron chi connectivity index (χ1n) is 3.36. The molecule has 0 bridgehead atoms. The molecule has 0 N–H and O–H groups in total. The number of hydrogen-bond acceptors (Lipinski definition) is 2. The van der Waals surface area contributed by atoms with Crippen molar-refractivity contribution in [3.05, 3.63) is 23.9 Å². The average Bonchev–Trinajstić information content (AvgIpc) is 1.93. The van der Waals surface area contributed by atoms with Gasteiger partial charge in [-0.25, -0.2) is 0 Å². The van der Waals surface area contributed by atoms with E-state index in [2.05, 4.69) is 15.4 Å². The molecule has 0 unspecified atom stereocenters. The average molecular weight is 180 g/mol. The Balaban J connectivity index is 2.78. The highest BCUT2D eigenvalue weighted by molar-refractivity contribution is 7.00. The van der Waals surface area contributed by atoms with E-state index in [9.17, 15) is 0 Å². The van der Waals surface area contributed by atoms with Crippen LogP contribution in [0.25, 0.3) is 0 Å². The predicted molar refractivity (Wildman–Crippen MR) is 47.9 cm³/mol. The summed E-state index contributed by atoms with van der Waals surface area (Å²) in [7, 11) is 6.62. The number of hydroxylamine groups is 2. The summed E-state index contributed by atoms with van der Waals surface area (Å²) in [5, 5.41) is 2.71. The second-order valence-corrected chi connectivity index (χ2v) is 5.67. The number of hydrogen-bond donors (Lipinski definition) is 0. The topological polar surface area (TPSA) is 12.5 Å². The molecule has 0 amide bonds. The Morgan fingerprint density at radius 3 is 2.73 bits per heavy atom. The van der Waals surface area contributed by atoms with E-state index in [-0.39, 0.29) is 0 Å². The fraction of sp³-hybridized carbons (Fsp3) is 0.286. The summed E-state index contributed by atoms with van der Waals surface area (Å²) in [5.74, 6) is 0. The molecule has 0 aromatic carbocycles. The van der Waals surface area contributed by atoms with Crippen LogP contribution in [0.15, 0.2) is 23.9 Å². The van der Waals surface area contributed by atoms with Crippen molar-refractivity contribution in [3.63, 3.8) is 0 Å². The van der Waals surface area contributed by atoms with Gasteiger partial charge in [0, 0.05) is 23.9 Å². The smallest absolute Gasteiger partial charge is 0.117 e. The summed E-state index contributed by atoms with van der Waals surface area (Å²) in [6.07, 6.45) is 0. The number of nitrogens with zero attached hydrogens (tertiary/aromatic N) is 1. The van der Waals surface area contributed by atoms with Crippen LogP contribution in [0.2, 0.25) is 0 Å². The van der Waals surface area contributed by atoms with Gasteiger partial charge in [0.15, 0.2) is 0 Å². The maximum absolute atomic E-state index is 5.41. The molecule has 0 aliphatic rings. The van der Waals surface area contributed by atoms with Crippen LogP contribution in [0, 0.1) is 0 Å². The van der Waals surface area contributed by atoms with E-state index in [1.165, 1.54) is 0 Å². The van der Waals surface area contributed by atoms with Crippen LogP contribution >= 0.6 is 0 Å². The van der Waals surface area contributed by atoms with E-state index in [1.54, 1.807) is 5.06 Å². The summed E-state index contributed by atoms with van der Waals surface area (Å²) in [6.45, 7) is 0. The van der Waals surface area contributed by atoms with Gasteiger partial charge >= 0.3 is 0 Å². The summed E-state index contributed by atoms with van der Waals surface area (Å²) in [5.41, 5.74) is 2.13. The van der Waals surface area contributed by atoms with Gasteiger partial charge in [-0.15, -0.1) is 0 Å². The van der Waals surface area contributed by atoms with Crippen LogP contribution in [0.3, 0.4) is 0 Å². The minimum atomic E-state index is -0.736. The maximum atomic E-state index is 5.41. The van der Waals surface area contributed by atoms with Gasteiger partial charge in [-0.1, -0.05) is 17.8 Å². The van der Waals surface area contributed by atoms with Crippen molar-refractivity contribution in [2.75, 3.05) is 14.1 Å². The van der Waals surface area contributed by atoms with E-state index in [0.29, 0.717) is 0 Å². The van der Waals surface area contributed by atoms with Crippen molar-refractivity contribution in [2.24, 2.45) is 0 Å². The van der Waals surface area contributed by atoms with Crippen molar-refractivity contribution < 1.29 is 4.84 Å². The first-order chi connectivity index (χ1) is 5.20. The Labute approximate surface area is 71.5 Å². The van der Waals surface area contributed by atoms with Crippen molar-refractivity contribution in [3.8, 4) is 5.36 Å². The Hall–Kier alpha value is -0.456.